The van der Waals surface area contributed by atoms with Crippen LogP contribution in [0.2, 0.25) is 0 Å². The maximum absolute atomic E-state index is 11.9. The van der Waals surface area contributed by atoms with Crippen molar-refractivity contribution in [2.75, 3.05) is 0 Å². The molecule has 0 bridgehead atoms. The first-order chi connectivity index (χ1) is 12.9. The molecule has 27 heavy (non-hydrogen) atoms. The molecule has 2 aromatic carbocycles. The third kappa shape index (κ3) is 2.82. The van der Waals surface area contributed by atoms with Gasteiger partial charge in [-0.2, -0.15) is 0 Å². The van der Waals surface area contributed by atoms with Crippen LogP contribution in [0.25, 0.3) is 0 Å². The van der Waals surface area contributed by atoms with Gasteiger partial charge in [-0.3, -0.25) is 0 Å². The van der Waals surface area contributed by atoms with Gasteiger partial charge in [0.25, 0.3) is 0 Å². The zero-order valence-electron chi connectivity index (χ0n) is 15.9. The summed E-state index contributed by atoms with van der Waals surface area (Å²) in [5, 5.41) is 21.8. The molecule has 0 aliphatic heterocycles. The highest BCUT2D eigenvalue weighted by molar-refractivity contribution is 8.01. The van der Waals surface area contributed by atoms with Crippen molar-refractivity contribution in [3.8, 4) is 5.75 Å². The van der Waals surface area contributed by atoms with Gasteiger partial charge in [-0.15, -0.1) is 11.8 Å². The van der Waals surface area contributed by atoms with Crippen molar-refractivity contribution < 1.29 is 10.2 Å². The van der Waals surface area contributed by atoms with Crippen LogP contribution in [-0.2, 0) is 6.42 Å². The molecule has 0 spiro atoms. The van der Waals surface area contributed by atoms with E-state index in [2.05, 4.69) is 43.3 Å². The number of aliphatic hydroxyl groups is 1. The van der Waals surface area contributed by atoms with Gasteiger partial charge in [0.15, 0.2) is 0 Å². The lowest BCUT2D eigenvalue weighted by molar-refractivity contribution is -0.0543. The number of phenolic OH excluding ortho intramolecular Hbond substituents is 1. The molecule has 3 aliphatic rings. The second-order valence-electron chi connectivity index (χ2n) is 9.23. The summed E-state index contributed by atoms with van der Waals surface area (Å²) >= 11 is 1.89. The summed E-state index contributed by atoms with van der Waals surface area (Å²) in [6, 6.07) is 16.4. The van der Waals surface area contributed by atoms with Gasteiger partial charge in [0, 0.05) is 9.64 Å². The quantitative estimate of drug-likeness (QED) is 0.721. The fourth-order valence-corrected chi connectivity index (χ4v) is 7.04. The predicted octanol–water partition coefficient (Wildman–Crippen LogP) is 5.67. The predicted molar refractivity (Wildman–Crippen MR) is 110 cm³/mol. The minimum atomic E-state index is -0.607. The van der Waals surface area contributed by atoms with Crippen LogP contribution in [0, 0.1) is 5.41 Å². The zero-order valence-corrected chi connectivity index (χ0v) is 16.8. The van der Waals surface area contributed by atoms with E-state index in [1.54, 1.807) is 0 Å². The molecule has 2 saturated carbocycles. The molecular weight excluding hydrogens is 352 g/mol. The first-order valence-electron chi connectivity index (χ1n) is 10.2. The van der Waals surface area contributed by atoms with Gasteiger partial charge in [0.05, 0.1) is 5.60 Å². The van der Waals surface area contributed by atoms with Crippen LogP contribution in [0.1, 0.15) is 62.5 Å². The van der Waals surface area contributed by atoms with E-state index < -0.39 is 5.60 Å². The number of aromatic hydroxyl groups is 1. The molecule has 2 nitrogen and oxygen atoms in total. The number of aryl methyl sites for hydroxylation is 1. The number of fused-ring (bicyclic) bond motifs is 3. The topological polar surface area (TPSA) is 40.5 Å². The fraction of sp³-hybridized carbons (Fsp3) is 0.500. The Labute approximate surface area is 166 Å². The highest BCUT2D eigenvalue weighted by Crippen LogP contribution is 2.66. The van der Waals surface area contributed by atoms with Gasteiger partial charge in [-0.05, 0) is 91.7 Å². The molecule has 0 saturated heterocycles. The van der Waals surface area contributed by atoms with E-state index >= 15 is 0 Å². The summed E-state index contributed by atoms with van der Waals surface area (Å²) in [6.07, 6.45) is 7.26. The van der Waals surface area contributed by atoms with Gasteiger partial charge >= 0.3 is 0 Å². The SMILES string of the molecule is C[C@@]12CCc3cc(O)ccc3[C@H]1C[C@](O)(C1(Sc3ccccc3)CC1)CC2. The molecule has 0 heterocycles. The Balaban J connectivity index is 1.47. The van der Waals surface area contributed by atoms with Crippen molar-refractivity contribution in [1.29, 1.82) is 0 Å². The maximum Gasteiger partial charge on any atom is 0.115 e. The van der Waals surface area contributed by atoms with Crippen LogP contribution in [-0.4, -0.2) is 20.6 Å². The van der Waals surface area contributed by atoms with E-state index in [0.717, 1.165) is 44.9 Å². The van der Waals surface area contributed by atoms with Crippen LogP contribution in [0.3, 0.4) is 0 Å². The summed E-state index contributed by atoms with van der Waals surface area (Å²) in [7, 11) is 0. The van der Waals surface area contributed by atoms with Crippen molar-refractivity contribution in [3.63, 3.8) is 0 Å². The Morgan fingerprint density at radius 2 is 1.74 bits per heavy atom. The van der Waals surface area contributed by atoms with E-state index in [-0.39, 0.29) is 10.2 Å². The van der Waals surface area contributed by atoms with E-state index in [9.17, 15) is 10.2 Å². The molecule has 2 N–H and O–H groups in total. The van der Waals surface area contributed by atoms with Gasteiger partial charge in [-0.1, -0.05) is 31.2 Å². The highest BCUT2D eigenvalue weighted by atomic mass is 32.2. The van der Waals surface area contributed by atoms with E-state index in [0.29, 0.717) is 11.7 Å². The first kappa shape index (κ1) is 17.6. The molecule has 0 radical (unpaired) electrons. The van der Waals surface area contributed by atoms with Crippen LogP contribution in [0.15, 0.2) is 53.4 Å². The van der Waals surface area contributed by atoms with Crippen LogP contribution < -0.4 is 0 Å². The van der Waals surface area contributed by atoms with E-state index in [4.69, 9.17) is 0 Å². The zero-order chi connectivity index (χ0) is 18.7. The molecule has 3 aliphatic carbocycles. The molecule has 0 unspecified atom stereocenters. The maximum atomic E-state index is 11.9. The van der Waals surface area contributed by atoms with Crippen molar-refractivity contribution in [3.05, 3.63) is 59.7 Å². The summed E-state index contributed by atoms with van der Waals surface area (Å²) in [5.74, 6) is 0.746. The summed E-state index contributed by atoms with van der Waals surface area (Å²) in [6.45, 7) is 2.41. The number of phenols is 1. The van der Waals surface area contributed by atoms with Crippen LogP contribution in [0.4, 0.5) is 0 Å². The van der Waals surface area contributed by atoms with Crippen molar-refractivity contribution in [1.82, 2.24) is 0 Å². The summed E-state index contributed by atoms with van der Waals surface area (Å²) in [4.78, 5) is 1.27. The van der Waals surface area contributed by atoms with Crippen molar-refractivity contribution >= 4 is 11.8 Å². The number of hydrogen-bond acceptors (Lipinski definition) is 3. The number of rotatable bonds is 3. The Morgan fingerprint density at radius 3 is 2.48 bits per heavy atom. The monoisotopic (exact) mass is 380 g/mol. The lowest BCUT2D eigenvalue weighted by Gasteiger charge is -2.53. The molecule has 2 fully saturated rings. The lowest BCUT2D eigenvalue weighted by Crippen LogP contribution is -2.51. The fourth-order valence-electron chi connectivity index (χ4n) is 5.61. The molecule has 3 heteroatoms. The Hall–Kier alpha value is -1.45. The normalized spacial score (nSPS) is 33.8. The third-order valence-corrected chi connectivity index (χ3v) is 9.26. The van der Waals surface area contributed by atoms with Gasteiger partial charge < -0.3 is 10.2 Å². The van der Waals surface area contributed by atoms with Gasteiger partial charge in [0.1, 0.15) is 5.75 Å². The Kier molecular flexibility index (Phi) is 3.93. The largest absolute Gasteiger partial charge is 0.508 e. The van der Waals surface area contributed by atoms with Crippen molar-refractivity contribution in [2.24, 2.45) is 5.41 Å². The average molecular weight is 381 g/mol. The molecule has 142 valence electrons. The van der Waals surface area contributed by atoms with Crippen LogP contribution in [0.5, 0.6) is 5.75 Å². The van der Waals surface area contributed by atoms with Gasteiger partial charge in [0.2, 0.25) is 0 Å². The molecule has 2 aromatic rings. The van der Waals surface area contributed by atoms with Crippen molar-refractivity contribution in [2.45, 2.75) is 73.0 Å². The molecule has 0 aromatic heterocycles. The number of hydrogen-bond donors (Lipinski definition) is 2. The summed E-state index contributed by atoms with van der Waals surface area (Å²) in [5.41, 5.74) is 2.30. The van der Waals surface area contributed by atoms with Crippen LogP contribution >= 0.6 is 11.8 Å². The third-order valence-electron chi connectivity index (χ3n) is 7.57. The second kappa shape index (κ2) is 6.02. The Morgan fingerprint density at radius 1 is 0.963 bits per heavy atom. The lowest BCUT2D eigenvalue weighted by atomic mass is 9.55. The minimum Gasteiger partial charge on any atom is -0.508 e. The average Bonchev–Trinajstić information content (AvgIpc) is 3.45. The molecular formula is C24H28O2S. The highest BCUT2D eigenvalue weighted by Gasteiger charge is 2.63. The smallest absolute Gasteiger partial charge is 0.115 e. The summed E-state index contributed by atoms with van der Waals surface area (Å²) < 4.78 is -0.0236. The standard InChI is InChI=1S/C24H28O2S/c1-22-10-9-17-15-18(25)7-8-20(17)21(22)16-23(26,12-11-22)24(13-14-24)27-19-5-3-2-4-6-19/h2-8,15,21,25-26H,9-14,16H2,1H3/t21-,22+,23+/m1/s1. The molecule has 3 atom stereocenters. The Bertz CT molecular complexity index is 860. The molecule has 0 amide bonds. The van der Waals surface area contributed by atoms with E-state index in [1.165, 1.54) is 16.0 Å². The number of thioether (sulfide) groups is 1. The minimum absolute atomic E-state index is 0.0236. The van der Waals surface area contributed by atoms with E-state index in [1.807, 2.05) is 23.9 Å². The second-order valence-corrected chi connectivity index (χ2v) is 10.7. The first-order valence-corrected chi connectivity index (χ1v) is 11.0. The van der Waals surface area contributed by atoms with Gasteiger partial charge in [-0.25, -0.2) is 0 Å². The molecule has 5 rings (SSSR count). The number of benzene rings is 2.